The van der Waals surface area contributed by atoms with Crippen molar-refractivity contribution in [3.63, 3.8) is 0 Å². The van der Waals surface area contributed by atoms with E-state index in [1.165, 1.54) is 5.57 Å². The molecule has 0 saturated carbocycles. The molecule has 4 nitrogen and oxygen atoms in total. The van der Waals surface area contributed by atoms with Crippen LogP contribution in [-0.2, 0) is 0 Å². The molecule has 4 heteroatoms. The molecule has 0 saturated heterocycles. The third-order valence-corrected chi connectivity index (χ3v) is 3.59. The second kappa shape index (κ2) is 6.24. The Labute approximate surface area is 115 Å². The lowest BCUT2D eigenvalue weighted by Crippen LogP contribution is -2.25. The van der Waals surface area contributed by atoms with Crippen molar-refractivity contribution >= 4 is 5.57 Å². The van der Waals surface area contributed by atoms with E-state index >= 15 is 0 Å². The quantitative estimate of drug-likeness (QED) is 0.818. The average Bonchev–Trinajstić information content (AvgIpc) is 2.82. The van der Waals surface area contributed by atoms with Crippen molar-refractivity contribution in [3.05, 3.63) is 17.7 Å². The van der Waals surface area contributed by atoms with Crippen molar-refractivity contribution in [1.29, 1.82) is 0 Å². The summed E-state index contributed by atoms with van der Waals surface area (Å²) in [5, 5.41) is 0. The Morgan fingerprint density at radius 1 is 1.47 bits per heavy atom. The highest BCUT2D eigenvalue weighted by Crippen LogP contribution is 2.32. The second-order valence-electron chi connectivity index (χ2n) is 5.19. The number of nitrogens with zero attached hydrogens (tertiary/aromatic N) is 2. The highest BCUT2D eigenvalue weighted by atomic mass is 16.6. The Kier molecular flexibility index (Phi) is 4.64. The van der Waals surface area contributed by atoms with Gasteiger partial charge in [0.2, 0.25) is 5.89 Å². The lowest BCUT2D eigenvalue weighted by atomic mass is 10.1. The molecule has 1 atom stereocenters. The molecule has 1 unspecified atom stereocenters. The standard InChI is InChI=1S/C15H24N2O2/c1-5-11(3)13-15(18-6-2)19-14(16-13)12-8-7-9-17(4)10-12/h8,11H,5-7,9-10H2,1-4H3. The summed E-state index contributed by atoms with van der Waals surface area (Å²) >= 11 is 0. The fourth-order valence-electron chi connectivity index (χ4n) is 2.24. The van der Waals surface area contributed by atoms with E-state index in [4.69, 9.17) is 9.15 Å². The highest BCUT2D eigenvalue weighted by Gasteiger charge is 2.22. The summed E-state index contributed by atoms with van der Waals surface area (Å²) in [4.78, 5) is 6.95. The monoisotopic (exact) mass is 264 g/mol. The first-order valence-electron chi connectivity index (χ1n) is 7.17. The molecule has 106 valence electrons. The van der Waals surface area contributed by atoms with Gasteiger partial charge < -0.3 is 14.1 Å². The van der Waals surface area contributed by atoms with E-state index in [0.717, 1.165) is 37.5 Å². The van der Waals surface area contributed by atoms with Crippen LogP contribution in [0.3, 0.4) is 0 Å². The second-order valence-corrected chi connectivity index (χ2v) is 5.19. The molecule has 0 radical (unpaired) electrons. The Balaban J connectivity index is 2.29. The minimum atomic E-state index is 0.362. The van der Waals surface area contributed by atoms with Crippen molar-refractivity contribution in [2.75, 3.05) is 26.7 Å². The van der Waals surface area contributed by atoms with Gasteiger partial charge in [0.05, 0.1) is 6.61 Å². The van der Waals surface area contributed by atoms with Gasteiger partial charge in [-0.1, -0.05) is 19.9 Å². The van der Waals surface area contributed by atoms with E-state index in [1.807, 2.05) is 6.92 Å². The van der Waals surface area contributed by atoms with Gasteiger partial charge in [-0.3, -0.25) is 0 Å². The van der Waals surface area contributed by atoms with E-state index in [-0.39, 0.29) is 0 Å². The summed E-state index contributed by atoms with van der Waals surface area (Å²) in [5.74, 6) is 1.69. The number of oxazole rings is 1. The Hall–Kier alpha value is -1.29. The largest absolute Gasteiger partial charge is 0.464 e. The minimum Gasteiger partial charge on any atom is -0.464 e. The molecule has 1 aliphatic heterocycles. The van der Waals surface area contributed by atoms with Crippen molar-refractivity contribution in [2.45, 2.75) is 39.5 Å². The number of hydrogen-bond acceptors (Lipinski definition) is 4. The van der Waals surface area contributed by atoms with Gasteiger partial charge in [0.1, 0.15) is 5.69 Å². The fourth-order valence-corrected chi connectivity index (χ4v) is 2.24. The summed E-state index contributed by atoms with van der Waals surface area (Å²) in [6.07, 6.45) is 4.31. The highest BCUT2D eigenvalue weighted by molar-refractivity contribution is 5.61. The summed E-state index contributed by atoms with van der Waals surface area (Å²) in [7, 11) is 2.12. The van der Waals surface area contributed by atoms with Crippen LogP contribution in [0.25, 0.3) is 5.57 Å². The van der Waals surface area contributed by atoms with E-state index < -0.39 is 0 Å². The summed E-state index contributed by atoms with van der Waals surface area (Å²) in [5.41, 5.74) is 2.12. The maximum atomic E-state index is 5.84. The molecule has 0 aliphatic carbocycles. The maximum Gasteiger partial charge on any atom is 0.309 e. The zero-order chi connectivity index (χ0) is 13.8. The predicted octanol–water partition coefficient (Wildman–Crippen LogP) is 3.31. The van der Waals surface area contributed by atoms with Gasteiger partial charge in [0, 0.05) is 24.6 Å². The van der Waals surface area contributed by atoms with Gasteiger partial charge in [0.15, 0.2) is 0 Å². The molecule has 1 aromatic heterocycles. The van der Waals surface area contributed by atoms with Crippen LogP contribution in [-0.4, -0.2) is 36.6 Å². The lowest BCUT2D eigenvalue weighted by Gasteiger charge is -2.20. The molecule has 1 aromatic rings. The summed E-state index contributed by atoms with van der Waals surface area (Å²) < 4.78 is 11.4. The molecule has 1 aliphatic rings. The van der Waals surface area contributed by atoms with Gasteiger partial charge >= 0.3 is 5.95 Å². The van der Waals surface area contributed by atoms with Crippen molar-refractivity contribution < 1.29 is 9.15 Å². The molecule has 0 fully saturated rings. The maximum absolute atomic E-state index is 5.84. The van der Waals surface area contributed by atoms with Crippen LogP contribution in [0.4, 0.5) is 0 Å². The lowest BCUT2D eigenvalue weighted by molar-refractivity contribution is 0.249. The van der Waals surface area contributed by atoms with Crippen LogP contribution in [0.2, 0.25) is 0 Å². The molecule has 0 N–H and O–H groups in total. The Morgan fingerprint density at radius 3 is 2.89 bits per heavy atom. The average molecular weight is 264 g/mol. The molecule has 19 heavy (non-hydrogen) atoms. The summed E-state index contributed by atoms with van der Waals surface area (Å²) in [6, 6.07) is 0. The predicted molar refractivity (Wildman–Crippen MR) is 76.5 cm³/mol. The van der Waals surface area contributed by atoms with Gasteiger partial charge in [-0.2, -0.15) is 0 Å². The summed E-state index contributed by atoms with van der Waals surface area (Å²) in [6.45, 7) is 8.88. The van der Waals surface area contributed by atoms with Crippen LogP contribution in [0.15, 0.2) is 10.5 Å². The SMILES string of the molecule is CCOc1oc(C2=CCCN(C)C2)nc1C(C)CC. The van der Waals surface area contributed by atoms with E-state index in [2.05, 4.69) is 36.9 Å². The number of rotatable bonds is 5. The first kappa shape index (κ1) is 14.1. The van der Waals surface area contributed by atoms with Gasteiger partial charge in [-0.05, 0) is 26.8 Å². The molecular formula is C15H24N2O2. The van der Waals surface area contributed by atoms with Crippen molar-refractivity contribution in [1.82, 2.24) is 9.88 Å². The van der Waals surface area contributed by atoms with E-state index in [9.17, 15) is 0 Å². The molecule has 0 aromatic carbocycles. The molecule has 0 bridgehead atoms. The zero-order valence-electron chi connectivity index (χ0n) is 12.4. The number of hydrogen-bond donors (Lipinski definition) is 0. The number of likely N-dealkylation sites (N-methyl/N-ethyl adjacent to an activating group) is 1. The van der Waals surface area contributed by atoms with Crippen LogP contribution >= 0.6 is 0 Å². The Bertz CT molecular complexity index is 451. The number of aromatic nitrogens is 1. The third kappa shape index (κ3) is 3.18. The van der Waals surface area contributed by atoms with E-state index in [0.29, 0.717) is 18.5 Å². The van der Waals surface area contributed by atoms with Crippen LogP contribution in [0, 0.1) is 0 Å². The molecule has 0 amide bonds. The van der Waals surface area contributed by atoms with Crippen LogP contribution in [0.5, 0.6) is 5.95 Å². The van der Waals surface area contributed by atoms with Crippen molar-refractivity contribution in [2.24, 2.45) is 0 Å². The van der Waals surface area contributed by atoms with Gasteiger partial charge in [-0.15, -0.1) is 0 Å². The van der Waals surface area contributed by atoms with Gasteiger partial charge in [0.25, 0.3) is 0 Å². The number of ether oxygens (including phenoxy) is 1. The first-order chi connectivity index (χ1) is 9.15. The van der Waals surface area contributed by atoms with Crippen LogP contribution < -0.4 is 4.74 Å². The fraction of sp³-hybridized carbons (Fsp3) is 0.667. The van der Waals surface area contributed by atoms with Crippen molar-refractivity contribution in [3.8, 4) is 5.95 Å². The Morgan fingerprint density at radius 2 is 2.26 bits per heavy atom. The molecular weight excluding hydrogens is 240 g/mol. The normalized spacial score (nSPS) is 18.2. The van der Waals surface area contributed by atoms with E-state index in [1.54, 1.807) is 0 Å². The molecule has 0 spiro atoms. The van der Waals surface area contributed by atoms with Gasteiger partial charge in [-0.25, -0.2) is 4.98 Å². The minimum absolute atomic E-state index is 0.362. The first-order valence-corrected chi connectivity index (χ1v) is 7.17. The van der Waals surface area contributed by atoms with Crippen LogP contribution in [0.1, 0.15) is 51.1 Å². The third-order valence-electron chi connectivity index (χ3n) is 3.59. The topological polar surface area (TPSA) is 38.5 Å². The molecule has 2 rings (SSSR count). The smallest absolute Gasteiger partial charge is 0.309 e. The molecule has 2 heterocycles. The zero-order valence-corrected chi connectivity index (χ0v) is 12.4.